The smallest absolute Gasteiger partial charge is 0.318 e. The lowest BCUT2D eigenvalue weighted by molar-refractivity contribution is -0.121. The quantitative estimate of drug-likeness (QED) is 0.477. The third-order valence-electron chi connectivity index (χ3n) is 4.76. The maximum Gasteiger partial charge on any atom is 0.318 e. The van der Waals surface area contributed by atoms with Crippen molar-refractivity contribution in [2.24, 2.45) is 0 Å². The van der Waals surface area contributed by atoms with Gasteiger partial charge in [0.15, 0.2) is 5.65 Å². The van der Waals surface area contributed by atoms with E-state index in [9.17, 15) is 18.8 Å². The third-order valence-corrected chi connectivity index (χ3v) is 4.76. The number of nitrogens with zero attached hydrogens (tertiary/aromatic N) is 4. The van der Waals surface area contributed by atoms with Crippen molar-refractivity contribution in [1.29, 1.82) is 0 Å². The summed E-state index contributed by atoms with van der Waals surface area (Å²) in [6.45, 7) is -0.112. The average Bonchev–Trinajstić information content (AvgIpc) is 2.79. The van der Waals surface area contributed by atoms with Crippen LogP contribution in [0.15, 0.2) is 76.7 Å². The molecule has 0 aliphatic heterocycles. The van der Waals surface area contributed by atoms with Gasteiger partial charge in [-0.25, -0.2) is 9.37 Å². The molecule has 156 valence electrons. The molecule has 0 spiro atoms. The molecule has 1 amide bonds. The number of carbonyl (C=O) groups is 1. The van der Waals surface area contributed by atoms with Crippen molar-refractivity contribution in [2.45, 2.75) is 19.6 Å². The average molecular weight is 419 g/mol. The Morgan fingerprint density at radius 1 is 0.935 bits per heavy atom. The second-order valence-corrected chi connectivity index (χ2v) is 6.89. The molecule has 9 heteroatoms. The van der Waals surface area contributed by atoms with Crippen LogP contribution in [0.4, 0.5) is 4.39 Å². The fourth-order valence-corrected chi connectivity index (χ4v) is 3.27. The second-order valence-electron chi connectivity index (χ2n) is 6.89. The molecule has 1 N–H and O–H groups in total. The number of fused-ring (bicyclic) bond motifs is 1. The molecule has 0 aliphatic rings. The summed E-state index contributed by atoms with van der Waals surface area (Å²) in [4.78, 5) is 46.3. The van der Waals surface area contributed by atoms with Gasteiger partial charge in [-0.1, -0.05) is 12.1 Å². The summed E-state index contributed by atoms with van der Waals surface area (Å²) in [5.74, 6) is -0.888. The zero-order valence-electron chi connectivity index (χ0n) is 16.4. The number of nitrogens with one attached hydrogen (secondary N) is 1. The standard InChI is InChI=1S/C22H18FN5O3/c23-17-4-1-3-16(11-17)12-26-19(29)14-27-18-5-2-8-25-20(18)28(22(31)21(27)30)13-15-6-9-24-10-7-15/h1-11H,12-14H2,(H,26,29). The first-order valence-electron chi connectivity index (χ1n) is 9.51. The molecule has 0 atom stereocenters. The van der Waals surface area contributed by atoms with E-state index in [0.717, 1.165) is 10.1 Å². The van der Waals surface area contributed by atoms with Gasteiger partial charge in [0.2, 0.25) is 5.91 Å². The number of amides is 1. The topological polar surface area (TPSA) is 98.9 Å². The van der Waals surface area contributed by atoms with Gasteiger partial charge in [-0.15, -0.1) is 0 Å². The fourth-order valence-electron chi connectivity index (χ4n) is 3.27. The minimum Gasteiger partial charge on any atom is -0.350 e. The van der Waals surface area contributed by atoms with Gasteiger partial charge < -0.3 is 5.32 Å². The Kier molecular flexibility index (Phi) is 5.65. The molecular weight excluding hydrogens is 401 g/mol. The normalized spacial score (nSPS) is 10.9. The molecule has 0 radical (unpaired) electrons. The minimum absolute atomic E-state index is 0.0979. The van der Waals surface area contributed by atoms with Gasteiger partial charge in [-0.05, 0) is 47.5 Å². The van der Waals surface area contributed by atoms with Crippen LogP contribution in [0.3, 0.4) is 0 Å². The highest BCUT2D eigenvalue weighted by atomic mass is 19.1. The molecule has 3 aromatic heterocycles. The van der Waals surface area contributed by atoms with Crippen LogP contribution in [0.25, 0.3) is 11.2 Å². The molecule has 0 aliphatic carbocycles. The Bertz CT molecular complexity index is 1370. The first-order chi connectivity index (χ1) is 15.0. The van der Waals surface area contributed by atoms with Crippen LogP contribution in [0.2, 0.25) is 0 Å². The summed E-state index contributed by atoms with van der Waals surface area (Å²) in [6.07, 6.45) is 4.71. The Morgan fingerprint density at radius 3 is 2.48 bits per heavy atom. The van der Waals surface area contributed by atoms with Gasteiger partial charge in [0.25, 0.3) is 0 Å². The second kappa shape index (κ2) is 8.70. The summed E-state index contributed by atoms with van der Waals surface area (Å²) in [5, 5.41) is 2.64. The summed E-state index contributed by atoms with van der Waals surface area (Å²) in [7, 11) is 0. The van der Waals surface area contributed by atoms with Crippen molar-refractivity contribution >= 4 is 17.1 Å². The van der Waals surface area contributed by atoms with Gasteiger partial charge in [0.1, 0.15) is 12.4 Å². The van der Waals surface area contributed by atoms with Crippen LogP contribution in [0.5, 0.6) is 0 Å². The predicted molar refractivity (Wildman–Crippen MR) is 112 cm³/mol. The zero-order valence-corrected chi connectivity index (χ0v) is 16.4. The van der Waals surface area contributed by atoms with Gasteiger partial charge in [-0.3, -0.25) is 28.5 Å². The molecule has 0 unspecified atom stereocenters. The summed E-state index contributed by atoms with van der Waals surface area (Å²) in [5.41, 5.74) is 0.425. The van der Waals surface area contributed by atoms with E-state index in [2.05, 4.69) is 15.3 Å². The first-order valence-corrected chi connectivity index (χ1v) is 9.51. The Hall–Kier alpha value is -4.14. The lowest BCUT2D eigenvalue weighted by atomic mass is 10.2. The van der Waals surface area contributed by atoms with E-state index in [0.29, 0.717) is 16.7 Å². The van der Waals surface area contributed by atoms with Crippen LogP contribution < -0.4 is 16.4 Å². The van der Waals surface area contributed by atoms with Crippen molar-refractivity contribution in [3.05, 3.63) is 105 Å². The molecular formula is C22H18FN5O3. The Labute approximate surface area is 175 Å². The van der Waals surface area contributed by atoms with E-state index in [-0.39, 0.29) is 19.6 Å². The monoisotopic (exact) mass is 419 g/mol. The minimum atomic E-state index is -0.824. The Morgan fingerprint density at radius 2 is 1.71 bits per heavy atom. The van der Waals surface area contributed by atoms with Gasteiger partial charge >= 0.3 is 11.1 Å². The molecule has 0 bridgehead atoms. The van der Waals surface area contributed by atoms with Crippen LogP contribution in [0.1, 0.15) is 11.1 Å². The number of hydrogen-bond donors (Lipinski definition) is 1. The van der Waals surface area contributed by atoms with E-state index in [1.54, 1.807) is 48.8 Å². The largest absolute Gasteiger partial charge is 0.350 e. The SMILES string of the molecule is O=C(Cn1c(=O)c(=O)n(Cc2ccncc2)c2ncccc21)NCc1cccc(F)c1. The Balaban J connectivity index is 1.65. The summed E-state index contributed by atoms with van der Waals surface area (Å²) in [6, 6.07) is 12.6. The molecule has 4 rings (SSSR count). The van der Waals surface area contributed by atoms with E-state index < -0.39 is 22.8 Å². The van der Waals surface area contributed by atoms with E-state index >= 15 is 0 Å². The van der Waals surface area contributed by atoms with Crippen LogP contribution in [-0.4, -0.2) is 25.0 Å². The van der Waals surface area contributed by atoms with E-state index in [4.69, 9.17) is 0 Å². The molecule has 4 aromatic rings. The number of rotatable bonds is 6. The molecule has 0 saturated heterocycles. The number of aromatic nitrogens is 4. The fraction of sp³-hybridized carbons (Fsp3) is 0.136. The highest BCUT2D eigenvalue weighted by Gasteiger charge is 2.16. The van der Waals surface area contributed by atoms with E-state index in [1.165, 1.54) is 22.9 Å². The van der Waals surface area contributed by atoms with Crippen molar-refractivity contribution in [3.63, 3.8) is 0 Å². The number of halogens is 1. The molecule has 1 aromatic carbocycles. The molecule has 8 nitrogen and oxygen atoms in total. The van der Waals surface area contributed by atoms with Gasteiger partial charge in [0, 0.05) is 25.1 Å². The number of carbonyl (C=O) groups excluding carboxylic acids is 1. The highest BCUT2D eigenvalue weighted by Crippen LogP contribution is 2.10. The lowest BCUT2D eigenvalue weighted by Crippen LogP contribution is -2.44. The molecule has 3 heterocycles. The van der Waals surface area contributed by atoms with Gasteiger partial charge in [-0.2, -0.15) is 0 Å². The van der Waals surface area contributed by atoms with Crippen molar-refractivity contribution in [3.8, 4) is 0 Å². The molecule has 0 fully saturated rings. The predicted octanol–water partition coefficient (Wildman–Crippen LogP) is 1.46. The maximum absolute atomic E-state index is 13.3. The third kappa shape index (κ3) is 4.40. The van der Waals surface area contributed by atoms with Crippen LogP contribution in [0, 0.1) is 5.82 Å². The van der Waals surface area contributed by atoms with Crippen LogP contribution in [-0.2, 0) is 24.4 Å². The summed E-state index contributed by atoms with van der Waals surface area (Å²) >= 11 is 0. The number of hydrogen-bond acceptors (Lipinski definition) is 5. The highest BCUT2D eigenvalue weighted by molar-refractivity contribution is 5.78. The van der Waals surface area contributed by atoms with Crippen LogP contribution >= 0.6 is 0 Å². The maximum atomic E-state index is 13.3. The number of pyridine rings is 2. The molecule has 0 saturated carbocycles. The lowest BCUT2D eigenvalue weighted by Gasteiger charge is -2.14. The first kappa shape index (κ1) is 20.1. The van der Waals surface area contributed by atoms with Crippen molar-refractivity contribution in [1.82, 2.24) is 24.4 Å². The van der Waals surface area contributed by atoms with Crippen molar-refractivity contribution in [2.75, 3.05) is 0 Å². The summed E-state index contributed by atoms with van der Waals surface area (Å²) < 4.78 is 15.7. The molecule has 31 heavy (non-hydrogen) atoms. The van der Waals surface area contributed by atoms with E-state index in [1.807, 2.05) is 0 Å². The zero-order chi connectivity index (χ0) is 21.8. The van der Waals surface area contributed by atoms with Gasteiger partial charge in [0.05, 0.1) is 12.1 Å². The number of benzene rings is 1. The van der Waals surface area contributed by atoms with Crippen molar-refractivity contribution < 1.29 is 9.18 Å².